The van der Waals surface area contributed by atoms with Crippen LogP contribution >= 0.6 is 0 Å². The highest BCUT2D eigenvalue weighted by molar-refractivity contribution is 5.86. The summed E-state index contributed by atoms with van der Waals surface area (Å²) in [5.41, 5.74) is 0. The first kappa shape index (κ1) is 9.73. The third-order valence-corrected chi connectivity index (χ3v) is 1.49. The predicted molar refractivity (Wildman–Crippen MR) is 41.0 cm³/mol. The first-order valence-electron chi connectivity index (χ1n) is 3.61. The van der Waals surface area contributed by atoms with Gasteiger partial charge in [-0.25, -0.2) is 9.18 Å². The third-order valence-electron chi connectivity index (χ3n) is 1.49. The molecule has 1 aromatic rings. The molecule has 0 aliphatic heterocycles. The molecule has 0 aliphatic carbocycles. The van der Waals surface area contributed by atoms with Crippen LogP contribution in [0.25, 0.3) is 0 Å². The lowest BCUT2D eigenvalue weighted by molar-refractivity contribution is 0.0550. The van der Waals surface area contributed by atoms with Crippen molar-refractivity contribution in [3.05, 3.63) is 23.7 Å². The Morgan fingerprint density at radius 1 is 1.77 bits per heavy atom. The molecule has 5 heteroatoms. The molecule has 1 rings (SSSR count). The summed E-state index contributed by atoms with van der Waals surface area (Å²) >= 11 is 0. The molecule has 0 fully saturated rings. The Balaban J connectivity index is 2.80. The van der Waals surface area contributed by atoms with Gasteiger partial charge in [-0.05, 0) is 12.1 Å². The van der Waals surface area contributed by atoms with Crippen molar-refractivity contribution >= 4 is 5.97 Å². The molecule has 1 N–H and O–H groups in total. The molecule has 0 spiro atoms. The largest absolute Gasteiger partial charge is 0.463 e. The molecule has 0 aliphatic rings. The maximum absolute atomic E-state index is 11.9. The smallest absolute Gasteiger partial charge is 0.373 e. The van der Waals surface area contributed by atoms with Gasteiger partial charge >= 0.3 is 5.97 Å². The van der Waals surface area contributed by atoms with Gasteiger partial charge in [0.05, 0.1) is 7.11 Å². The van der Waals surface area contributed by atoms with Crippen molar-refractivity contribution in [2.75, 3.05) is 13.8 Å². The molecule has 1 heterocycles. The zero-order valence-corrected chi connectivity index (χ0v) is 6.99. The second-order valence-corrected chi connectivity index (χ2v) is 2.36. The van der Waals surface area contributed by atoms with E-state index in [1.807, 2.05) is 0 Å². The number of furan rings is 1. The van der Waals surface area contributed by atoms with Crippen molar-refractivity contribution in [3.63, 3.8) is 0 Å². The van der Waals surface area contributed by atoms with Crippen molar-refractivity contribution < 1.29 is 23.4 Å². The van der Waals surface area contributed by atoms with Gasteiger partial charge in [0.15, 0.2) is 0 Å². The van der Waals surface area contributed by atoms with Crippen LogP contribution in [0.1, 0.15) is 22.4 Å². The third kappa shape index (κ3) is 2.06. The van der Waals surface area contributed by atoms with Gasteiger partial charge in [-0.15, -0.1) is 0 Å². The van der Waals surface area contributed by atoms with Crippen molar-refractivity contribution in [2.24, 2.45) is 0 Å². The summed E-state index contributed by atoms with van der Waals surface area (Å²) in [6, 6.07) is 2.65. The van der Waals surface area contributed by atoms with E-state index in [1.165, 1.54) is 19.2 Å². The minimum absolute atomic E-state index is 0.0166. The summed E-state index contributed by atoms with van der Waals surface area (Å²) in [6.07, 6.45) is -1.32. The molecule has 1 atom stereocenters. The number of alkyl halides is 1. The number of carbonyl (C=O) groups is 1. The van der Waals surface area contributed by atoms with Crippen LogP contribution in [0.4, 0.5) is 4.39 Å². The van der Waals surface area contributed by atoms with Crippen molar-refractivity contribution in [1.82, 2.24) is 0 Å². The number of carbonyl (C=O) groups excluding carboxylic acids is 1. The molecule has 72 valence electrons. The molecule has 0 saturated carbocycles. The number of hydrogen-bond donors (Lipinski definition) is 1. The van der Waals surface area contributed by atoms with E-state index >= 15 is 0 Å². The lowest BCUT2D eigenvalue weighted by Crippen LogP contribution is -2.00. The highest BCUT2D eigenvalue weighted by Crippen LogP contribution is 2.17. The van der Waals surface area contributed by atoms with Crippen LogP contribution in [0.3, 0.4) is 0 Å². The number of rotatable bonds is 3. The summed E-state index contributed by atoms with van der Waals surface area (Å²) < 4.78 is 21.1. The Morgan fingerprint density at radius 2 is 2.46 bits per heavy atom. The highest BCUT2D eigenvalue weighted by atomic mass is 19.1. The van der Waals surface area contributed by atoms with Gasteiger partial charge in [-0.1, -0.05) is 0 Å². The molecular weight excluding hydrogens is 179 g/mol. The fourth-order valence-electron chi connectivity index (χ4n) is 0.818. The lowest BCUT2D eigenvalue weighted by Gasteiger charge is -1.99. The summed E-state index contributed by atoms with van der Waals surface area (Å²) in [7, 11) is 1.20. The second-order valence-electron chi connectivity index (χ2n) is 2.36. The zero-order valence-electron chi connectivity index (χ0n) is 6.99. The minimum atomic E-state index is -1.32. The summed E-state index contributed by atoms with van der Waals surface area (Å²) in [6.45, 7) is -0.950. The Hall–Kier alpha value is -1.36. The molecule has 4 nitrogen and oxygen atoms in total. The van der Waals surface area contributed by atoms with E-state index in [2.05, 4.69) is 4.74 Å². The van der Waals surface area contributed by atoms with Crippen LogP contribution in [0.15, 0.2) is 16.5 Å². The van der Waals surface area contributed by atoms with Crippen LogP contribution in [0.5, 0.6) is 0 Å². The van der Waals surface area contributed by atoms with Gasteiger partial charge in [-0.3, -0.25) is 0 Å². The maximum Gasteiger partial charge on any atom is 0.373 e. The Labute approximate surface area is 73.9 Å². The van der Waals surface area contributed by atoms with Crippen LogP contribution in [0, 0.1) is 0 Å². The predicted octanol–water partition coefficient (Wildman–Crippen LogP) is 1.07. The molecule has 0 radical (unpaired) electrons. The van der Waals surface area contributed by atoms with E-state index in [1.54, 1.807) is 0 Å². The van der Waals surface area contributed by atoms with Gasteiger partial charge in [0.25, 0.3) is 0 Å². The monoisotopic (exact) mass is 188 g/mol. The van der Waals surface area contributed by atoms with Crippen LogP contribution in [0.2, 0.25) is 0 Å². The fraction of sp³-hybridized carbons (Fsp3) is 0.375. The highest BCUT2D eigenvalue weighted by Gasteiger charge is 2.15. The number of methoxy groups -OCH3 is 1. The number of aliphatic hydroxyl groups is 1. The fourth-order valence-corrected chi connectivity index (χ4v) is 0.818. The van der Waals surface area contributed by atoms with E-state index < -0.39 is 18.7 Å². The quantitative estimate of drug-likeness (QED) is 0.721. The maximum atomic E-state index is 11.9. The first-order valence-corrected chi connectivity index (χ1v) is 3.61. The Bertz CT molecular complexity index is 294. The second kappa shape index (κ2) is 4.04. The van der Waals surface area contributed by atoms with Gasteiger partial charge in [-0.2, -0.15) is 0 Å². The van der Waals surface area contributed by atoms with E-state index in [-0.39, 0.29) is 11.5 Å². The Morgan fingerprint density at radius 3 is 3.00 bits per heavy atom. The molecule has 1 aromatic heterocycles. The molecule has 0 amide bonds. The standard InChI is InChI=1S/C8H9FO4/c1-12-8(11)7-3-2-6(13-7)5(10)4-9/h2-3,5,10H,4H2,1H3. The molecular formula is C8H9FO4. The number of esters is 1. The minimum Gasteiger partial charge on any atom is -0.463 e. The first-order chi connectivity index (χ1) is 6.19. The molecule has 0 saturated heterocycles. The van der Waals surface area contributed by atoms with Crippen LogP contribution in [-0.2, 0) is 4.74 Å². The molecule has 0 aromatic carbocycles. The molecule has 13 heavy (non-hydrogen) atoms. The van der Waals surface area contributed by atoms with E-state index in [9.17, 15) is 9.18 Å². The summed E-state index contributed by atoms with van der Waals surface area (Å²) in [5.74, 6) is -0.690. The SMILES string of the molecule is COC(=O)c1ccc(C(O)CF)o1. The van der Waals surface area contributed by atoms with Gasteiger partial charge in [0, 0.05) is 0 Å². The van der Waals surface area contributed by atoms with E-state index in [4.69, 9.17) is 9.52 Å². The number of halogens is 1. The average molecular weight is 188 g/mol. The summed E-state index contributed by atoms with van der Waals surface area (Å²) in [4.78, 5) is 10.8. The van der Waals surface area contributed by atoms with E-state index in [0.29, 0.717) is 0 Å². The van der Waals surface area contributed by atoms with Crippen molar-refractivity contribution in [3.8, 4) is 0 Å². The Kier molecular flexibility index (Phi) is 3.02. The van der Waals surface area contributed by atoms with Crippen molar-refractivity contribution in [2.45, 2.75) is 6.10 Å². The zero-order chi connectivity index (χ0) is 9.84. The van der Waals surface area contributed by atoms with Crippen LogP contribution < -0.4 is 0 Å². The lowest BCUT2D eigenvalue weighted by atomic mass is 10.3. The number of ether oxygens (including phenoxy) is 1. The van der Waals surface area contributed by atoms with Gasteiger partial charge in [0.1, 0.15) is 18.5 Å². The molecule has 1 unspecified atom stereocenters. The topological polar surface area (TPSA) is 59.7 Å². The van der Waals surface area contributed by atoms with Gasteiger partial charge in [0.2, 0.25) is 5.76 Å². The molecule has 0 bridgehead atoms. The normalized spacial score (nSPS) is 12.5. The number of hydrogen-bond acceptors (Lipinski definition) is 4. The van der Waals surface area contributed by atoms with Crippen LogP contribution in [-0.4, -0.2) is 24.9 Å². The number of aliphatic hydroxyl groups excluding tert-OH is 1. The summed E-state index contributed by atoms with van der Waals surface area (Å²) in [5, 5.41) is 8.98. The van der Waals surface area contributed by atoms with Gasteiger partial charge < -0.3 is 14.3 Å². The van der Waals surface area contributed by atoms with Crippen molar-refractivity contribution in [1.29, 1.82) is 0 Å². The van der Waals surface area contributed by atoms with E-state index in [0.717, 1.165) is 0 Å². The average Bonchev–Trinajstić information content (AvgIpc) is 2.64.